The van der Waals surface area contributed by atoms with Gasteiger partial charge in [-0.05, 0) is 127 Å². The second-order valence-electron chi connectivity index (χ2n) is 23.8. The zero-order valence-corrected chi connectivity index (χ0v) is 51.8. The zero-order valence-electron chi connectivity index (χ0n) is 50.8. The average molecular weight is 1180 g/mol. The predicted octanol–water partition coefficient (Wildman–Crippen LogP) is 15.8. The van der Waals surface area contributed by atoms with Crippen molar-refractivity contribution in [3.05, 3.63) is 241 Å². The number of ether oxygens (including phenoxy) is 9. The average Bonchev–Trinajstić information content (AvgIpc) is 1.40. The fourth-order valence-electron chi connectivity index (χ4n) is 11.1. The van der Waals surface area contributed by atoms with Crippen LogP contribution in [-0.2, 0) is 43.6 Å². The molecule has 13 heteroatoms. The highest BCUT2D eigenvalue weighted by molar-refractivity contribution is 6.74. The Bertz CT molecular complexity index is 3080. The van der Waals surface area contributed by atoms with Crippen molar-refractivity contribution < 1.29 is 56.6 Å². The summed E-state index contributed by atoms with van der Waals surface area (Å²) in [6, 6.07) is 55.4. The Kier molecular flexibility index (Phi) is 21.8. The Morgan fingerprint density at radius 2 is 1.34 bits per heavy atom. The third-order valence-electron chi connectivity index (χ3n) is 16.9. The molecule has 0 radical (unpaired) electrons. The minimum Gasteiger partial charge on any atom is -0.544 e. The summed E-state index contributed by atoms with van der Waals surface area (Å²) in [7, 11) is -0.540. The minimum atomic E-state index is -2.18. The number of methoxy groups -OCH3 is 1. The van der Waals surface area contributed by atoms with Gasteiger partial charge < -0.3 is 47.1 Å². The summed E-state index contributed by atoms with van der Waals surface area (Å²) in [4.78, 5) is 27.1. The first-order chi connectivity index (χ1) is 41.6. The SMILES string of the molecule is CC[C@H]1C=CC(=O)O[C@H]1/C=C/[C@@]1(CCOC(c2ccccc2)(c2ccccc2)c2ccccc2)O[C@H](c2ccc(O[Si](C)(C)C(C)(C)C)cc2)O[C@@H]1C[C@H](/C=C\C=C/[C@@H]1CCC[C@H](OCOc2ccc(OC)cc2)C1)OC(=O)COc1ccccc1. The Balaban J connectivity index is 1.06. The van der Waals surface area contributed by atoms with Gasteiger partial charge in [0.05, 0.1) is 25.9 Å². The molecule has 2 fully saturated rings. The fraction of sp³-hybridized carbons (Fsp3) is 0.370. The van der Waals surface area contributed by atoms with Gasteiger partial charge in [0.2, 0.25) is 8.32 Å². The molecule has 2 heterocycles. The maximum Gasteiger partial charge on any atom is 0.344 e. The van der Waals surface area contributed by atoms with Crippen LogP contribution in [0.15, 0.2) is 218 Å². The Labute approximate surface area is 509 Å². The molecule has 0 unspecified atom stereocenters. The fourth-order valence-corrected chi connectivity index (χ4v) is 12.1. The molecular weight excluding hydrogens is 1100 g/mol. The molecule has 0 aromatic heterocycles. The highest BCUT2D eigenvalue weighted by Gasteiger charge is 2.51. The number of benzene rings is 6. The van der Waals surface area contributed by atoms with Crippen LogP contribution in [0.3, 0.4) is 0 Å². The lowest BCUT2D eigenvalue weighted by molar-refractivity contribution is -0.151. The van der Waals surface area contributed by atoms with Crippen LogP contribution in [0.2, 0.25) is 18.1 Å². The number of hydrogen-bond acceptors (Lipinski definition) is 12. The van der Waals surface area contributed by atoms with E-state index in [0.717, 1.165) is 65.9 Å². The monoisotopic (exact) mass is 1180 g/mol. The summed E-state index contributed by atoms with van der Waals surface area (Å²) in [5.41, 5.74) is 1.29. The van der Waals surface area contributed by atoms with E-state index in [1.807, 2.05) is 158 Å². The number of carbonyl (C=O) groups is 2. The topological polar surface area (TPSA) is 126 Å². The lowest BCUT2D eigenvalue weighted by Gasteiger charge is -2.38. The van der Waals surface area contributed by atoms with E-state index >= 15 is 0 Å². The van der Waals surface area contributed by atoms with Crippen LogP contribution in [0.5, 0.6) is 23.0 Å². The number of allylic oxidation sites excluding steroid dienone is 3. The van der Waals surface area contributed by atoms with Gasteiger partial charge in [-0.15, -0.1) is 0 Å². The van der Waals surface area contributed by atoms with Crippen molar-refractivity contribution in [1.29, 1.82) is 0 Å². The summed E-state index contributed by atoms with van der Waals surface area (Å²) >= 11 is 0. The van der Waals surface area contributed by atoms with Crippen molar-refractivity contribution in [2.45, 2.75) is 133 Å². The molecule has 0 N–H and O–H groups in total. The highest BCUT2D eigenvalue weighted by atomic mass is 28.4. The van der Waals surface area contributed by atoms with Gasteiger partial charge >= 0.3 is 11.9 Å². The van der Waals surface area contributed by atoms with Crippen LogP contribution in [-0.4, -0.2) is 77.4 Å². The Morgan fingerprint density at radius 3 is 1.95 bits per heavy atom. The van der Waals surface area contributed by atoms with E-state index in [0.29, 0.717) is 11.5 Å². The zero-order chi connectivity index (χ0) is 60.4. The Morgan fingerprint density at radius 1 is 0.733 bits per heavy atom. The standard InChI is InChI=1S/C73H84O12Si/c1-8-55-38-45-68(74)82-66(55)46-47-72(48-49-80-73(57-26-13-9-14-27-57,58-28-15-10-16-29-58)59-30-17-11-18-31-59)67(83-70(84-72)56-36-39-63(40-37-56)85-86(6,7)71(2,3)4)51-65(81-69(75)52-77-61-32-19-12-20-33-61)34-22-21-24-54-25-23-35-64(50-54)79-53-78-62-43-41-60(76-5)42-44-62/h9-22,24,26-34,36-47,54-55,64-67,70H,8,23,25,35,48-53H2,1-7H3/b24-21-,34-22-,47-46+/t54-,55+,64+,65+,66+,67-,70-,72+/m1/s1. The van der Waals surface area contributed by atoms with Crippen LogP contribution >= 0.6 is 0 Å². The number of para-hydroxylation sites is 1. The normalized spacial score (nSPS) is 22.2. The molecule has 3 aliphatic rings. The molecule has 86 heavy (non-hydrogen) atoms. The summed E-state index contributed by atoms with van der Waals surface area (Å²) < 4.78 is 64.8. The largest absolute Gasteiger partial charge is 0.544 e. The van der Waals surface area contributed by atoms with E-state index in [2.05, 4.69) is 83.3 Å². The van der Waals surface area contributed by atoms with Crippen LogP contribution in [0.25, 0.3) is 0 Å². The van der Waals surface area contributed by atoms with Crippen molar-refractivity contribution in [3.8, 4) is 23.0 Å². The first kappa shape index (κ1) is 63.0. The van der Waals surface area contributed by atoms with E-state index in [1.54, 1.807) is 19.2 Å². The molecule has 0 spiro atoms. The molecule has 12 nitrogen and oxygen atoms in total. The second-order valence-corrected chi connectivity index (χ2v) is 28.5. The summed E-state index contributed by atoms with van der Waals surface area (Å²) in [5, 5.41) is -0.0102. The van der Waals surface area contributed by atoms with Gasteiger partial charge in [0.15, 0.2) is 19.7 Å². The molecule has 6 aromatic carbocycles. The van der Waals surface area contributed by atoms with Crippen LogP contribution in [0.4, 0.5) is 0 Å². The first-order valence-electron chi connectivity index (χ1n) is 30.3. The molecule has 1 aliphatic carbocycles. The summed E-state index contributed by atoms with van der Waals surface area (Å²) in [6.07, 6.45) is 17.3. The van der Waals surface area contributed by atoms with Gasteiger partial charge in [0.1, 0.15) is 46.4 Å². The van der Waals surface area contributed by atoms with E-state index in [4.69, 9.17) is 47.1 Å². The second kappa shape index (κ2) is 29.7. The van der Waals surface area contributed by atoms with E-state index in [-0.39, 0.29) is 55.8 Å². The van der Waals surface area contributed by atoms with Gasteiger partial charge in [0, 0.05) is 30.4 Å². The molecule has 1 saturated carbocycles. The smallest absolute Gasteiger partial charge is 0.344 e. The van der Waals surface area contributed by atoms with E-state index in [9.17, 15) is 9.59 Å². The number of cyclic esters (lactones) is 1. The lowest BCUT2D eigenvalue weighted by Crippen LogP contribution is -2.43. The molecule has 9 rings (SSSR count). The molecule has 6 aromatic rings. The molecule has 2 aliphatic heterocycles. The third-order valence-corrected chi connectivity index (χ3v) is 21.3. The number of esters is 2. The van der Waals surface area contributed by atoms with E-state index < -0.39 is 56.1 Å². The van der Waals surface area contributed by atoms with Crippen LogP contribution < -0.4 is 18.6 Å². The molecule has 0 bridgehead atoms. The van der Waals surface area contributed by atoms with Crippen molar-refractivity contribution in [1.82, 2.24) is 0 Å². The number of hydrogen-bond donors (Lipinski definition) is 0. The summed E-state index contributed by atoms with van der Waals surface area (Å²) in [6.45, 7) is 13.2. The quantitative estimate of drug-likeness (QED) is 0.0122. The van der Waals surface area contributed by atoms with Gasteiger partial charge in [-0.3, -0.25) is 0 Å². The number of rotatable bonds is 27. The van der Waals surface area contributed by atoms with Crippen molar-refractivity contribution in [2.75, 3.05) is 27.1 Å². The molecular formula is C73H84O12Si. The van der Waals surface area contributed by atoms with Gasteiger partial charge in [-0.2, -0.15) is 0 Å². The molecule has 452 valence electrons. The lowest BCUT2D eigenvalue weighted by atomic mass is 9.80. The first-order valence-corrected chi connectivity index (χ1v) is 33.2. The predicted molar refractivity (Wildman–Crippen MR) is 337 cm³/mol. The van der Waals surface area contributed by atoms with Crippen LogP contribution in [0.1, 0.15) is 101 Å². The summed E-state index contributed by atoms with van der Waals surface area (Å²) in [5.74, 6) is 1.98. The Hall–Kier alpha value is -7.52. The minimum absolute atomic E-state index is 0.0102. The van der Waals surface area contributed by atoms with Crippen LogP contribution in [0, 0.1) is 11.8 Å². The number of carbonyl (C=O) groups excluding carboxylic acids is 2. The van der Waals surface area contributed by atoms with Crippen molar-refractivity contribution in [2.24, 2.45) is 11.8 Å². The third kappa shape index (κ3) is 16.5. The maximum atomic E-state index is 14.1. The highest BCUT2D eigenvalue weighted by Crippen LogP contribution is 2.47. The molecule has 0 amide bonds. The van der Waals surface area contributed by atoms with Crippen molar-refractivity contribution >= 4 is 20.3 Å². The van der Waals surface area contributed by atoms with Gasteiger partial charge in [-0.1, -0.05) is 186 Å². The van der Waals surface area contributed by atoms with Gasteiger partial charge in [0.25, 0.3) is 0 Å². The molecule has 1 saturated heterocycles. The van der Waals surface area contributed by atoms with E-state index in [1.165, 1.54) is 6.08 Å². The van der Waals surface area contributed by atoms with Gasteiger partial charge in [-0.25, -0.2) is 9.59 Å². The molecule has 8 atom stereocenters. The van der Waals surface area contributed by atoms with Crippen molar-refractivity contribution in [3.63, 3.8) is 0 Å². The maximum absolute atomic E-state index is 14.1.